The van der Waals surface area contributed by atoms with Crippen molar-refractivity contribution in [3.8, 4) is 0 Å². The van der Waals surface area contributed by atoms with Gasteiger partial charge in [0.2, 0.25) is 5.91 Å². The number of carbonyl (C=O) groups is 1. The Balaban J connectivity index is 1.48. The Labute approximate surface area is 134 Å². The molecule has 0 unspecified atom stereocenters. The molecule has 0 N–H and O–H groups in total. The van der Waals surface area contributed by atoms with Crippen LogP contribution in [0.3, 0.4) is 0 Å². The van der Waals surface area contributed by atoms with Crippen molar-refractivity contribution in [3.05, 3.63) is 35.9 Å². The van der Waals surface area contributed by atoms with E-state index in [-0.39, 0.29) is 0 Å². The molecule has 0 spiro atoms. The maximum Gasteiger partial charge on any atom is 0.236 e. The number of amides is 1. The molecule has 0 saturated carbocycles. The Morgan fingerprint density at radius 2 is 1.77 bits per heavy atom. The molecular weight excluding hydrogens is 272 g/mol. The number of benzene rings is 1. The van der Waals surface area contributed by atoms with Crippen molar-refractivity contribution in [1.82, 2.24) is 9.80 Å². The van der Waals surface area contributed by atoms with Gasteiger partial charge >= 0.3 is 0 Å². The van der Waals surface area contributed by atoms with Gasteiger partial charge in [0.05, 0.1) is 6.54 Å². The molecule has 0 bridgehead atoms. The molecule has 2 aliphatic rings. The Bertz CT molecular complexity index is 468. The zero-order chi connectivity index (χ0) is 15.2. The number of rotatable bonds is 5. The van der Waals surface area contributed by atoms with Crippen LogP contribution in [0, 0.1) is 0 Å². The van der Waals surface area contributed by atoms with Gasteiger partial charge in [-0.1, -0.05) is 30.3 Å². The Kier molecular flexibility index (Phi) is 5.49. The fourth-order valence-electron chi connectivity index (χ4n) is 3.83. The maximum atomic E-state index is 12.5. The maximum absolute atomic E-state index is 12.5. The number of aryl methyl sites for hydroxylation is 1. The summed E-state index contributed by atoms with van der Waals surface area (Å²) in [5.41, 5.74) is 1.41. The van der Waals surface area contributed by atoms with Crippen LogP contribution in [0.15, 0.2) is 30.3 Å². The first-order valence-corrected chi connectivity index (χ1v) is 8.89. The summed E-state index contributed by atoms with van der Waals surface area (Å²) in [6, 6.07) is 11.3. The van der Waals surface area contributed by atoms with Crippen molar-refractivity contribution in [2.75, 3.05) is 26.2 Å². The Morgan fingerprint density at radius 3 is 2.55 bits per heavy atom. The van der Waals surface area contributed by atoms with Gasteiger partial charge in [-0.2, -0.15) is 0 Å². The molecule has 0 radical (unpaired) electrons. The van der Waals surface area contributed by atoms with E-state index in [1.54, 1.807) is 0 Å². The number of likely N-dealkylation sites (tertiary alicyclic amines) is 2. The van der Waals surface area contributed by atoms with E-state index in [1.807, 2.05) is 0 Å². The van der Waals surface area contributed by atoms with Crippen LogP contribution in [0.1, 0.15) is 44.1 Å². The third-order valence-corrected chi connectivity index (χ3v) is 5.16. The lowest BCUT2D eigenvalue weighted by atomic mass is 10.0. The van der Waals surface area contributed by atoms with Gasteiger partial charge in [-0.25, -0.2) is 0 Å². The van der Waals surface area contributed by atoms with Crippen LogP contribution in [0.4, 0.5) is 0 Å². The third kappa shape index (κ3) is 4.10. The van der Waals surface area contributed by atoms with E-state index in [4.69, 9.17) is 0 Å². The first kappa shape index (κ1) is 15.5. The van der Waals surface area contributed by atoms with Crippen molar-refractivity contribution in [2.45, 2.75) is 51.0 Å². The summed E-state index contributed by atoms with van der Waals surface area (Å²) in [5.74, 6) is 0.353. The summed E-state index contributed by atoms with van der Waals surface area (Å²) < 4.78 is 0. The van der Waals surface area contributed by atoms with Crippen LogP contribution >= 0.6 is 0 Å². The number of piperidine rings is 1. The van der Waals surface area contributed by atoms with Crippen molar-refractivity contribution in [1.29, 1.82) is 0 Å². The summed E-state index contributed by atoms with van der Waals surface area (Å²) in [6.07, 6.45) is 8.45. The van der Waals surface area contributed by atoms with Gasteiger partial charge < -0.3 is 4.90 Å². The predicted octanol–water partition coefficient (Wildman–Crippen LogP) is 3.10. The minimum atomic E-state index is 0.353. The molecule has 3 nitrogen and oxygen atoms in total. The van der Waals surface area contributed by atoms with E-state index < -0.39 is 0 Å². The second-order valence-corrected chi connectivity index (χ2v) is 6.73. The molecule has 120 valence electrons. The Morgan fingerprint density at radius 1 is 1.00 bits per heavy atom. The minimum Gasteiger partial charge on any atom is -0.342 e. The van der Waals surface area contributed by atoms with Gasteiger partial charge in [0, 0.05) is 19.1 Å². The highest BCUT2D eigenvalue weighted by atomic mass is 16.2. The molecule has 2 heterocycles. The number of carbonyl (C=O) groups excluding carboxylic acids is 1. The van der Waals surface area contributed by atoms with Crippen LogP contribution in [-0.4, -0.2) is 47.9 Å². The zero-order valence-corrected chi connectivity index (χ0v) is 13.5. The molecule has 0 aromatic heterocycles. The normalized spacial score (nSPS) is 22.9. The van der Waals surface area contributed by atoms with Crippen molar-refractivity contribution in [2.24, 2.45) is 0 Å². The van der Waals surface area contributed by atoms with E-state index in [0.29, 0.717) is 18.5 Å². The number of nitrogens with zero attached hydrogens (tertiary/aromatic N) is 2. The fraction of sp³-hybridized carbons (Fsp3) is 0.632. The predicted molar refractivity (Wildman–Crippen MR) is 89.8 cm³/mol. The number of hydrogen-bond acceptors (Lipinski definition) is 2. The van der Waals surface area contributed by atoms with E-state index in [0.717, 1.165) is 26.1 Å². The van der Waals surface area contributed by atoms with Crippen LogP contribution in [0.2, 0.25) is 0 Å². The minimum absolute atomic E-state index is 0.353. The molecular formula is C19H28N2O. The molecule has 1 atom stereocenters. The van der Waals surface area contributed by atoms with Crippen molar-refractivity contribution >= 4 is 5.91 Å². The molecule has 3 rings (SSSR count). The zero-order valence-electron chi connectivity index (χ0n) is 13.5. The monoisotopic (exact) mass is 300 g/mol. The smallest absolute Gasteiger partial charge is 0.236 e. The van der Waals surface area contributed by atoms with E-state index in [2.05, 4.69) is 40.1 Å². The molecule has 1 aromatic carbocycles. The summed E-state index contributed by atoms with van der Waals surface area (Å²) in [6.45, 7) is 3.68. The van der Waals surface area contributed by atoms with Crippen LogP contribution in [0.25, 0.3) is 0 Å². The van der Waals surface area contributed by atoms with Gasteiger partial charge in [0.1, 0.15) is 0 Å². The molecule has 1 amide bonds. The number of hydrogen-bond donors (Lipinski definition) is 0. The standard InChI is InChI=1S/C19H28N2O/c22-19(20-13-5-2-6-14-20)16-21-15-7-10-18(21)12-11-17-8-3-1-4-9-17/h1,3-4,8-9,18H,2,5-7,10-16H2/t18-/m1/s1. The highest BCUT2D eigenvalue weighted by Crippen LogP contribution is 2.22. The van der Waals surface area contributed by atoms with Gasteiger partial charge in [-0.3, -0.25) is 9.69 Å². The van der Waals surface area contributed by atoms with Gasteiger partial charge in [0.25, 0.3) is 0 Å². The van der Waals surface area contributed by atoms with E-state index in [1.165, 1.54) is 44.1 Å². The Hall–Kier alpha value is -1.35. The third-order valence-electron chi connectivity index (χ3n) is 5.16. The molecule has 1 aromatic rings. The summed E-state index contributed by atoms with van der Waals surface area (Å²) in [5, 5.41) is 0. The summed E-state index contributed by atoms with van der Waals surface area (Å²) in [7, 11) is 0. The van der Waals surface area contributed by atoms with Gasteiger partial charge in [-0.05, 0) is 57.1 Å². The lowest BCUT2D eigenvalue weighted by Crippen LogP contribution is -2.44. The lowest BCUT2D eigenvalue weighted by Gasteiger charge is -2.30. The molecule has 22 heavy (non-hydrogen) atoms. The fourth-order valence-corrected chi connectivity index (χ4v) is 3.83. The van der Waals surface area contributed by atoms with Crippen LogP contribution in [0.5, 0.6) is 0 Å². The first-order valence-electron chi connectivity index (χ1n) is 8.89. The lowest BCUT2D eigenvalue weighted by molar-refractivity contribution is -0.133. The second kappa shape index (κ2) is 7.77. The molecule has 2 aliphatic heterocycles. The highest BCUT2D eigenvalue weighted by molar-refractivity contribution is 5.78. The summed E-state index contributed by atoms with van der Waals surface area (Å²) >= 11 is 0. The molecule has 2 saturated heterocycles. The second-order valence-electron chi connectivity index (χ2n) is 6.73. The van der Waals surface area contributed by atoms with E-state index >= 15 is 0 Å². The van der Waals surface area contributed by atoms with E-state index in [9.17, 15) is 4.79 Å². The summed E-state index contributed by atoms with van der Waals surface area (Å²) in [4.78, 5) is 17.0. The molecule has 2 fully saturated rings. The van der Waals surface area contributed by atoms with Gasteiger partial charge in [-0.15, -0.1) is 0 Å². The average molecular weight is 300 g/mol. The topological polar surface area (TPSA) is 23.6 Å². The van der Waals surface area contributed by atoms with Crippen LogP contribution in [-0.2, 0) is 11.2 Å². The van der Waals surface area contributed by atoms with Crippen molar-refractivity contribution < 1.29 is 4.79 Å². The van der Waals surface area contributed by atoms with Crippen molar-refractivity contribution in [3.63, 3.8) is 0 Å². The molecule has 3 heteroatoms. The first-order chi connectivity index (χ1) is 10.8. The van der Waals surface area contributed by atoms with Crippen LogP contribution < -0.4 is 0 Å². The average Bonchev–Trinajstić information content (AvgIpc) is 3.02. The quantitative estimate of drug-likeness (QED) is 0.834. The highest BCUT2D eigenvalue weighted by Gasteiger charge is 2.27. The SMILES string of the molecule is O=C(CN1CCC[C@@H]1CCc1ccccc1)N1CCCCC1. The molecule has 0 aliphatic carbocycles. The van der Waals surface area contributed by atoms with Gasteiger partial charge in [0.15, 0.2) is 0 Å². The largest absolute Gasteiger partial charge is 0.342 e.